The van der Waals surface area contributed by atoms with E-state index in [1.54, 1.807) is 0 Å². The van der Waals surface area contributed by atoms with Crippen LogP contribution in [-0.4, -0.2) is 0 Å². The van der Waals surface area contributed by atoms with Crippen LogP contribution in [0.25, 0.3) is 0 Å². The van der Waals surface area contributed by atoms with Gasteiger partial charge in [-0.3, -0.25) is 0 Å². The molecule has 0 aliphatic heterocycles. The first-order chi connectivity index (χ1) is 4.63. The van der Waals surface area contributed by atoms with Crippen LogP contribution in [0.1, 0.15) is 11.1 Å². The number of nitrogens with two attached hydrogens (primary N) is 1. The molecule has 2 heteroatoms. The van der Waals surface area contributed by atoms with E-state index in [1.807, 2.05) is 26.0 Å². The third-order valence-corrected chi connectivity index (χ3v) is 2.09. The van der Waals surface area contributed by atoms with Crippen LogP contribution in [0.3, 0.4) is 0 Å². The van der Waals surface area contributed by atoms with Gasteiger partial charge in [-0.15, -0.1) is 0 Å². The molecular formula is C8H10ClN. The molecule has 1 aromatic carbocycles. The van der Waals surface area contributed by atoms with Gasteiger partial charge in [-0.1, -0.05) is 23.7 Å². The van der Waals surface area contributed by atoms with Crippen LogP contribution < -0.4 is 5.73 Å². The zero-order chi connectivity index (χ0) is 7.72. The number of rotatable bonds is 0. The minimum Gasteiger partial charge on any atom is -0.397 e. The van der Waals surface area contributed by atoms with Crippen LogP contribution in [-0.2, 0) is 0 Å². The van der Waals surface area contributed by atoms with Crippen molar-refractivity contribution in [2.75, 3.05) is 5.73 Å². The summed E-state index contributed by atoms with van der Waals surface area (Å²) in [6, 6.07) is 3.94. The highest BCUT2D eigenvalue weighted by Crippen LogP contribution is 2.25. The lowest BCUT2D eigenvalue weighted by Crippen LogP contribution is -1.91. The highest BCUT2D eigenvalue weighted by Gasteiger charge is 2.00. The van der Waals surface area contributed by atoms with Crippen LogP contribution >= 0.6 is 11.6 Å². The molecule has 1 nitrogen and oxygen atoms in total. The maximum absolute atomic E-state index is 5.86. The van der Waals surface area contributed by atoms with Crippen molar-refractivity contribution in [2.45, 2.75) is 13.8 Å². The lowest BCUT2D eigenvalue weighted by atomic mass is 10.1. The molecule has 1 rings (SSSR count). The molecule has 10 heavy (non-hydrogen) atoms. The van der Waals surface area contributed by atoms with E-state index < -0.39 is 0 Å². The topological polar surface area (TPSA) is 26.0 Å². The fraction of sp³-hybridized carbons (Fsp3) is 0.250. The highest BCUT2D eigenvalue weighted by molar-refractivity contribution is 6.34. The van der Waals surface area contributed by atoms with Gasteiger partial charge in [-0.2, -0.15) is 0 Å². The van der Waals surface area contributed by atoms with Gasteiger partial charge in [0.05, 0.1) is 10.7 Å². The predicted octanol–water partition coefficient (Wildman–Crippen LogP) is 2.54. The molecular weight excluding hydrogens is 146 g/mol. The molecule has 2 N–H and O–H groups in total. The van der Waals surface area contributed by atoms with Gasteiger partial charge in [-0.05, 0) is 25.0 Å². The summed E-state index contributed by atoms with van der Waals surface area (Å²) < 4.78 is 0. The Morgan fingerprint density at radius 3 is 2.20 bits per heavy atom. The smallest absolute Gasteiger partial charge is 0.0667 e. The summed E-state index contributed by atoms with van der Waals surface area (Å²) in [5, 5.41) is 0.681. The number of nitrogen functional groups attached to an aromatic ring is 1. The number of halogens is 1. The quantitative estimate of drug-likeness (QED) is 0.573. The van der Waals surface area contributed by atoms with Crippen molar-refractivity contribution >= 4 is 17.3 Å². The molecule has 1 aromatic rings. The first-order valence-electron chi connectivity index (χ1n) is 3.14. The lowest BCUT2D eigenvalue weighted by molar-refractivity contribution is 1.40. The second-order valence-corrected chi connectivity index (χ2v) is 2.80. The van der Waals surface area contributed by atoms with Crippen molar-refractivity contribution in [3.63, 3.8) is 0 Å². The van der Waals surface area contributed by atoms with Crippen molar-refractivity contribution in [1.29, 1.82) is 0 Å². The van der Waals surface area contributed by atoms with E-state index in [0.29, 0.717) is 10.7 Å². The third-order valence-electron chi connectivity index (χ3n) is 1.59. The highest BCUT2D eigenvalue weighted by atomic mass is 35.5. The standard InChI is InChI=1S/C8H10ClN/c1-5-3-4-6(2)8(10)7(5)9/h3-4H,10H2,1-2H3. The Morgan fingerprint density at radius 2 is 1.70 bits per heavy atom. The van der Waals surface area contributed by atoms with Crippen molar-refractivity contribution in [2.24, 2.45) is 0 Å². The molecule has 0 amide bonds. The normalized spacial score (nSPS) is 9.90. The average molecular weight is 156 g/mol. The Morgan fingerprint density at radius 1 is 1.20 bits per heavy atom. The van der Waals surface area contributed by atoms with Gasteiger partial charge in [0.2, 0.25) is 0 Å². The molecule has 0 aliphatic rings. The summed E-state index contributed by atoms with van der Waals surface area (Å²) in [7, 11) is 0. The maximum Gasteiger partial charge on any atom is 0.0667 e. The van der Waals surface area contributed by atoms with Gasteiger partial charge in [0.15, 0.2) is 0 Å². The molecule has 0 aliphatic carbocycles. The Balaban J connectivity index is 3.34. The van der Waals surface area contributed by atoms with E-state index in [2.05, 4.69) is 0 Å². The molecule has 0 saturated carbocycles. The molecule has 0 saturated heterocycles. The number of hydrogen-bond acceptors (Lipinski definition) is 1. The van der Waals surface area contributed by atoms with E-state index >= 15 is 0 Å². The second-order valence-electron chi connectivity index (χ2n) is 2.43. The summed E-state index contributed by atoms with van der Waals surface area (Å²) in [5.74, 6) is 0. The number of anilines is 1. The van der Waals surface area contributed by atoms with E-state index in [1.165, 1.54) is 0 Å². The zero-order valence-corrected chi connectivity index (χ0v) is 6.87. The van der Waals surface area contributed by atoms with Crippen LogP contribution in [0.4, 0.5) is 5.69 Å². The monoisotopic (exact) mass is 155 g/mol. The average Bonchev–Trinajstić information content (AvgIpc) is 1.93. The van der Waals surface area contributed by atoms with Crippen molar-refractivity contribution in [3.05, 3.63) is 28.3 Å². The Bertz CT molecular complexity index is 229. The first kappa shape index (κ1) is 7.42. The fourth-order valence-corrected chi connectivity index (χ4v) is 1.01. The largest absolute Gasteiger partial charge is 0.397 e. The molecule has 0 aromatic heterocycles. The molecule has 0 bridgehead atoms. The van der Waals surface area contributed by atoms with Gasteiger partial charge in [-0.25, -0.2) is 0 Å². The maximum atomic E-state index is 5.86. The van der Waals surface area contributed by atoms with Crippen LogP contribution in [0, 0.1) is 13.8 Å². The zero-order valence-electron chi connectivity index (χ0n) is 6.11. The second kappa shape index (κ2) is 2.51. The van der Waals surface area contributed by atoms with E-state index in [0.717, 1.165) is 11.1 Å². The van der Waals surface area contributed by atoms with E-state index in [4.69, 9.17) is 17.3 Å². The fourth-order valence-electron chi connectivity index (χ4n) is 0.798. The third kappa shape index (κ3) is 1.09. The Labute approximate surface area is 65.8 Å². The molecule has 0 unspecified atom stereocenters. The molecule has 0 radical (unpaired) electrons. The molecule has 0 fully saturated rings. The van der Waals surface area contributed by atoms with Gasteiger partial charge in [0.1, 0.15) is 0 Å². The predicted molar refractivity (Wildman–Crippen MR) is 45.3 cm³/mol. The van der Waals surface area contributed by atoms with Crippen LogP contribution in [0.5, 0.6) is 0 Å². The first-order valence-corrected chi connectivity index (χ1v) is 3.52. The Kier molecular flexibility index (Phi) is 1.86. The van der Waals surface area contributed by atoms with Crippen molar-refractivity contribution < 1.29 is 0 Å². The van der Waals surface area contributed by atoms with Crippen molar-refractivity contribution in [3.8, 4) is 0 Å². The lowest BCUT2D eigenvalue weighted by Gasteiger charge is -2.03. The van der Waals surface area contributed by atoms with E-state index in [9.17, 15) is 0 Å². The Hall–Kier alpha value is -0.690. The van der Waals surface area contributed by atoms with Crippen LogP contribution in [0.2, 0.25) is 5.02 Å². The van der Waals surface area contributed by atoms with E-state index in [-0.39, 0.29) is 0 Å². The summed E-state index contributed by atoms with van der Waals surface area (Å²) in [5.41, 5.74) is 8.42. The van der Waals surface area contributed by atoms with Gasteiger partial charge in [0, 0.05) is 0 Å². The minimum atomic E-state index is 0.681. The van der Waals surface area contributed by atoms with Crippen molar-refractivity contribution in [1.82, 2.24) is 0 Å². The summed E-state index contributed by atoms with van der Waals surface area (Å²) in [6.07, 6.45) is 0. The van der Waals surface area contributed by atoms with Crippen LogP contribution in [0.15, 0.2) is 12.1 Å². The van der Waals surface area contributed by atoms with Gasteiger partial charge in [0.25, 0.3) is 0 Å². The summed E-state index contributed by atoms with van der Waals surface area (Å²) >= 11 is 5.86. The summed E-state index contributed by atoms with van der Waals surface area (Å²) in [4.78, 5) is 0. The SMILES string of the molecule is Cc1ccc(C)c(Cl)c1N. The molecule has 54 valence electrons. The molecule has 0 heterocycles. The number of benzene rings is 1. The molecule has 0 atom stereocenters. The van der Waals surface area contributed by atoms with Gasteiger partial charge >= 0.3 is 0 Å². The minimum absolute atomic E-state index is 0.681. The number of aryl methyl sites for hydroxylation is 2. The summed E-state index contributed by atoms with van der Waals surface area (Å²) in [6.45, 7) is 3.89. The van der Waals surface area contributed by atoms with Gasteiger partial charge < -0.3 is 5.73 Å². The number of hydrogen-bond donors (Lipinski definition) is 1. The molecule has 0 spiro atoms.